The molecule has 1 N–H and O–H groups in total. The quantitative estimate of drug-likeness (QED) is 0.618. The fourth-order valence-corrected chi connectivity index (χ4v) is 4.29. The number of nitrogens with zero attached hydrogens (tertiary/aromatic N) is 5. The minimum Gasteiger partial charge on any atom is -0.350 e. The molecule has 1 amide bonds. The van der Waals surface area contributed by atoms with Crippen molar-refractivity contribution in [2.24, 2.45) is 0 Å². The van der Waals surface area contributed by atoms with Crippen LogP contribution in [0.1, 0.15) is 34.8 Å². The predicted octanol–water partition coefficient (Wildman–Crippen LogP) is 2.86. The minimum atomic E-state index is -0.186. The molecule has 1 saturated heterocycles. The molecule has 29 heavy (non-hydrogen) atoms. The molecule has 3 aromatic rings. The largest absolute Gasteiger partial charge is 0.350 e. The van der Waals surface area contributed by atoms with Gasteiger partial charge in [-0.05, 0) is 25.9 Å². The van der Waals surface area contributed by atoms with Crippen LogP contribution in [0.2, 0.25) is 0 Å². The Morgan fingerprint density at radius 3 is 2.76 bits per heavy atom. The van der Waals surface area contributed by atoms with Crippen LogP contribution in [-0.4, -0.2) is 57.0 Å². The zero-order valence-electron chi connectivity index (χ0n) is 16.5. The number of aromatic nitrogens is 4. The van der Waals surface area contributed by atoms with Crippen molar-refractivity contribution in [2.75, 3.05) is 26.2 Å². The van der Waals surface area contributed by atoms with Crippen molar-refractivity contribution in [1.29, 1.82) is 0 Å². The first-order chi connectivity index (χ1) is 14.3. The van der Waals surface area contributed by atoms with Crippen LogP contribution in [0.3, 0.4) is 0 Å². The average molecular weight is 411 g/mol. The predicted molar refractivity (Wildman–Crippen MR) is 114 cm³/mol. The van der Waals surface area contributed by atoms with Gasteiger partial charge in [-0.15, -0.1) is 16.4 Å². The van der Waals surface area contributed by atoms with Gasteiger partial charge in [0.1, 0.15) is 0 Å². The lowest BCUT2D eigenvalue weighted by molar-refractivity contribution is 0.0949. The molecule has 0 atom stereocenters. The van der Waals surface area contributed by atoms with Crippen LogP contribution in [0.25, 0.3) is 11.3 Å². The zero-order chi connectivity index (χ0) is 19.9. The third-order valence-corrected chi connectivity index (χ3v) is 6.02. The fourth-order valence-electron chi connectivity index (χ4n) is 3.48. The molecule has 7 nitrogen and oxygen atoms in total. The van der Waals surface area contributed by atoms with Gasteiger partial charge in [0.2, 0.25) is 0 Å². The molecule has 1 fully saturated rings. The zero-order valence-corrected chi connectivity index (χ0v) is 17.3. The summed E-state index contributed by atoms with van der Waals surface area (Å²) in [5.74, 6) is -0.186. The smallest absolute Gasteiger partial charge is 0.273 e. The fraction of sp³-hybridized carbons (Fsp3) is 0.429. The summed E-state index contributed by atoms with van der Waals surface area (Å²) in [5, 5.41) is 14.1. The molecular weight excluding hydrogens is 384 g/mol. The number of benzene rings is 1. The van der Waals surface area contributed by atoms with E-state index >= 15 is 0 Å². The van der Waals surface area contributed by atoms with Gasteiger partial charge in [-0.25, -0.2) is 4.98 Å². The number of rotatable bonds is 8. The van der Waals surface area contributed by atoms with Crippen LogP contribution >= 0.6 is 11.3 Å². The van der Waals surface area contributed by atoms with Gasteiger partial charge in [0.15, 0.2) is 5.69 Å². The van der Waals surface area contributed by atoms with Gasteiger partial charge in [0.25, 0.3) is 5.91 Å². The monoisotopic (exact) mass is 410 g/mol. The Bertz CT molecular complexity index is 916. The second-order valence-electron chi connectivity index (χ2n) is 7.27. The molecule has 3 heterocycles. The molecule has 0 saturated carbocycles. The van der Waals surface area contributed by atoms with E-state index in [-0.39, 0.29) is 5.91 Å². The van der Waals surface area contributed by atoms with Crippen molar-refractivity contribution in [3.63, 3.8) is 0 Å². The highest BCUT2D eigenvalue weighted by Gasteiger charge is 2.13. The normalized spacial score (nSPS) is 14.8. The van der Waals surface area contributed by atoms with Gasteiger partial charge in [0.05, 0.1) is 23.4 Å². The van der Waals surface area contributed by atoms with Crippen LogP contribution in [0.15, 0.2) is 41.9 Å². The molecular formula is C21H26N6OS. The molecule has 0 radical (unpaired) electrons. The van der Waals surface area contributed by atoms with Gasteiger partial charge in [-0.3, -0.25) is 9.48 Å². The number of thiazole rings is 1. The summed E-state index contributed by atoms with van der Waals surface area (Å²) in [4.78, 5) is 19.4. The van der Waals surface area contributed by atoms with Crippen LogP contribution in [0.5, 0.6) is 0 Å². The number of hydrogen-bond donors (Lipinski definition) is 1. The van der Waals surface area contributed by atoms with Crippen LogP contribution in [0, 0.1) is 0 Å². The molecule has 0 spiro atoms. The van der Waals surface area contributed by atoms with Crippen molar-refractivity contribution in [3.8, 4) is 11.3 Å². The maximum Gasteiger partial charge on any atom is 0.273 e. The van der Waals surface area contributed by atoms with Gasteiger partial charge >= 0.3 is 0 Å². The average Bonchev–Trinajstić information content (AvgIpc) is 3.44. The number of hydrogen-bond acceptors (Lipinski definition) is 6. The van der Waals surface area contributed by atoms with E-state index in [9.17, 15) is 4.79 Å². The summed E-state index contributed by atoms with van der Waals surface area (Å²) in [7, 11) is 0. The van der Waals surface area contributed by atoms with Gasteiger partial charge in [0, 0.05) is 30.5 Å². The van der Waals surface area contributed by atoms with Crippen molar-refractivity contribution in [2.45, 2.75) is 32.2 Å². The summed E-state index contributed by atoms with van der Waals surface area (Å²) in [6.07, 6.45) is 6.31. The topological polar surface area (TPSA) is 75.9 Å². The molecule has 1 aliphatic rings. The first-order valence-electron chi connectivity index (χ1n) is 10.2. The van der Waals surface area contributed by atoms with Gasteiger partial charge in [-0.2, -0.15) is 0 Å². The van der Waals surface area contributed by atoms with Crippen molar-refractivity contribution >= 4 is 17.2 Å². The number of carbonyl (C=O) groups is 1. The lowest BCUT2D eigenvalue weighted by atomic mass is 10.1. The number of piperidine rings is 1. The number of nitrogens with one attached hydrogen (secondary N) is 1. The highest BCUT2D eigenvalue weighted by molar-refractivity contribution is 7.09. The van der Waals surface area contributed by atoms with Crippen molar-refractivity contribution in [3.05, 3.63) is 52.6 Å². The number of amides is 1. The van der Waals surface area contributed by atoms with Crippen molar-refractivity contribution in [1.82, 2.24) is 30.2 Å². The molecule has 2 aromatic heterocycles. The standard InChI is InChI=1S/C21H26N6OS/c28-21(18-15-27(25-24-18)14-13-26-11-5-2-6-12-26)22-10-9-20-23-19(16-29-20)17-7-3-1-4-8-17/h1,3-4,7-8,15-16H,2,5-6,9-14H2,(H,22,28). The third-order valence-electron chi connectivity index (χ3n) is 5.11. The molecule has 0 bridgehead atoms. The summed E-state index contributed by atoms with van der Waals surface area (Å²) in [6, 6.07) is 10.1. The Morgan fingerprint density at radius 1 is 1.10 bits per heavy atom. The minimum absolute atomic E-state index is 0.186. The van der Waals surface area contributed by atoms with Gasteiger partial charge < -0.3 is 10.2 Å². The van der Waals surface area contributed by atoms with E-state index in [0.29, 0.717) is 18.7 Å². The van der Waals surface area contributed by atoms with Gasteiger partial charge in [-0.1, -0.05) is 42.0 Å². The second kappa shape index (κ2) is 9.76. The maximum atomic E-state index is 12.3. The molecule has 0 unspecified atom stereocenters. The number of carbonyl (C=O) groups excluding carboxylic acids is 1. The summed E-state index contributed by atoms with van der Waals surface area (Å²) in [6.45, 7) is 4.57. The van der Waals surface area contributed by atoms with Crippen LogP contribution in [0.4, 0.5) is 0 Å². The first kappa shape index (κ1) is 19.7. The summed E-state index contributed by atoms with van der Waals surface area (Å²) in [5.41, 5.74) is 2.46. The SMILES string of the molecule is O=C(NCCc1nc(-c2ccccc2)cs1)c1cn(CCN2CCCCC2)nn1. The summed E-state index contributed by atoms with van der Waals surface area (Å²) >= 11 is 1.62. The molecule has 1 aliphatic heterocycles. The summed E-state index contributed by atoms with van der Waals surface area (Å²) < 4.78 is 1.76. The van der Waals surface area contributed by atoms with E-state index in [1.807, 2.05) is 18.2 Å². The van der Waals surface area contributed by atoms with E-state index in [0.717, 1.165) is 42.4 Å². The highest BCUT2D eigenvalue weighted by atomic mass is 32.1. The Hall–Kier alpha value is -2.58. The Kier molecular flexibility index (Phi) is 6.63. The van der Waals surface area contributed by atoms with E-state index in [4.69, 9.17) is 0 Å². The molecule has 152 valence electrons. The van der Waals surface area contributed by atoms with E-state index in [1.165, 1.54) is 19.3 Å². The van der Waals surface area contributed by atoms with E-state index in [2.05, 4.69) is 43.0 Å². The Labute approximate surface area is 174 Å². The third kappa shape index (κ3) is 5.48. The molecule has 4 rings (SSSR count). The Balaban J connectivity index is 1.22. The maximum absolute atomic E-state index is 12.3. The highest BCUT2D eigenvalue weighted by Crippen LogP contribution is 2.21. The second-order valence-corrected chi connectivity index (χ2v) is 8.21. The lowest BCUT2D eigenvalue weighted by Crippen LogP contribution is -2.32. The number of likely N-dealkylation sites (tertiary alicyclic amines) is 1. The van der Waals surface area contributed by atoms with Crippen LogP contribution < -0.4 is 5.32 Å². The van der Waals surface area contributed by atoms with Crippen LogP contribution in [-0.2, 0) is 13.0 Å². The first-order valence-corrected chi connectivity index (χ1v) is 11.1. The van der Waals surface area contributed by atoms with E-state index in [1.54, 1.807) is 22.2 Å². The molecule has 0 aliphatic carbocycles. The Morgan fingerprint density at radius 2 is 1.93 bits per heavy atom. The van der Waals surface area contributed by atoms with E-state index < -0.39 is 0 Å². The molecule has 1 aromatic carbocycles. The lowest BCUT2D eigenvalue weighted by Gasteiger charge is -2.25. The molecule has 8 heteroatoms. The van der Waals surface area contributed by atoms with Crippen molar-refractivity contribution < 1.29 is 4.79 Å².